The SMILES string of the molecule is COc1ccc(CCNC(=O)c2ccccc2NC(=O)COc2ccccc2Cl)cc1OC. The van der Waals surface area contributed by atoms with E-state index < -0.39 is 5.91 Å². The average molecular weight is 469 g/mol. The zero-order valence-electron chi connectivity index (χ0n) is 18.4. The third-order valence-electron chi connectivity index (χ3n) is 4.79. The number of ether oxygens (including phenoxy) is 3. The zero-order valence-corrected chi connectivity index (χ0v) is 19.1. The third kappa shape index (κ3) is 6.63. The van der Waals surface area contributed by atoms with Gasteiger partial charge in [0, 0.05) is 6.54 Å². The van der Waals surface area contributed by atoms with Crippen LogP contribution in [0.2, 0.25) is 5.02 Å². The minimum absolute atomic E-state index is 0.237. The highest BCUT2D eigenvalue weighted by atomic mass is 35.5. The van der Waals surface area contributed by atoms with Gasteiger partial charge in [-0.15, -0.1) is 0 Å². The summed E-state index contributed by atoms with van der Waals surface area (Å²) in [6.07, 6.45) is 0.603. The number of anilines is 1. The van der Waals surface area contributed by atoms with Gasteiger partial charge in [0.15, 0.2) is 18.1 Å². The Morgan fingerprint density at radius 2 is 1.61 bits per heavy atom. The lowest BCUT2D eigenvalue weighted by Crippen LogP contribution is -2.28. The Hall–Kier alpha value is -3.71. The molecule has 0 spiro atoms. The van der Waals surface area contributed by atoms with Crippen molar-refractivity contribution in [3.05, 3.63) is 82.9 Å². The molecule has 0 saturated carbocycles. The van der Waals surface area contributed by atoms with Crippen LogP contribution in [0.4, 0.5) is 5.69 Å². The number of halogens is 1. The molecular weight excluding hydrogens is 444 g/mol. The fourth-order valence-corrected chi connectivity index (χ4v) is 3.32. The predicted octanol–water partition coefficient (Wildman–Crippen LogP) is 4.35. The van der Waals surface area contributed by atoms with Crippen molar-refractivity contribution >= 4 is 29.1 Å². The first-order chi connectivity index (χ1) is 16.0. The van der Waals surface area contributed by atoms with Crippen LogP contribution in [-0.2, 0) is 11.2 Å². The predicted molar refractivity (Wildman–Crippen MR) is 128 cm³/mol. The van der Waals surface area contributed by atoms with Gasteiger partial charge >= 0.3 is 0 Å². The highest BCUT2D eigenvalue weighted by molar-refractivity contribution is 6.32. The quantitative estimate of drug-likeness (QED) is 0.462. The molecule has 33 heavy (non-hydrogen) atoms. The Labute approximate surface area is 197 Å². The highest BCUT2D eigenvalue weighted by Gasteiger charge is 2.14. The summed E-state index contributed by atoms with van der Waals surface area (Å²) in [5.74, 6) is 0.997. The second-order valence-corrected chi connectivity index (χ2v) is 7.42. The maximum absolute atomic E-state index is 12.7. The minimum Gasteiger partial charge on any atom is -0.493 e. The minimum atomic E-state index is -0.402. The van der Waals surface area contributed by atoms with Gasteiger partial charge in [-0.1, -0.05) is 41.9 Å². The van der Waals surface area contributed by atoms with Gasteiger partial charge in [-0.2, -0.15) is 0 Å². The van der Waals surface area contributed by atoms with Crippen molar-refractivity contribution in [1.82, 2.24) is 5.32 Å². The van der Waals surface area contributed by atoms with Crippen molar-refractivity contribution in [1.29, 1.82) is 0 Å². The molecule has 7 nitrogen and oxygen atoms in total. The van der Waals surface area contributed by atoms with Gasteiger partial charge < -0.3 is 24.8 Å². The first-order valence-electron chi connectivity index (χ1n) is 10.3. The monoisotopic (exact) mass is 468 g/mol. The lowest BCUT2D eigenvalue weighted by atomic mass is 10.1. The summed E-state index contributed by atoms with van der Waals surface area (Å²) in [7, 11) is 3.16. The van der Waals surface area contributed by atoms with E-state index in [0.29, 0.717) is 46.5 Å². The maximum atomic E-state index is 12.7. The van der Waals surface area contributed by atoms with E-state index in [1.807, 2.05) is 18.2 Å². The fraction of sp³-hybridized carbons (Fsp3) is 0.200. The molecule has 0 saturated heterocycles. The van der Waals surface area contributed by atoms with Gasteiger partial charge in [-0.3, -0.25) is 9.59 Å². The zero-order chi connectivity index (χ0) is 23.6. The molecule has 0 fully saturated rings. The summed E-state index contributed by atoms with van der Waals surface area (Å²) in [5, 5.41) is 6.02. The molecule has 2 N–H and O–H groups in total. The molecule has 0 unspecified atom stereocenters. The Balaban J connectivity index is 1.56. The van der Waals surface area contributed by atoms with Crippen LogP contribution < -0.4 is 24.8 Å². The van der Waals surface area contributed by atoms with Crippen LogP contribution in [0.1, 0.15) is 15.9 Å². The number of benzene rings is 3. The van der Waals surface area contributed by atoms with Crippen molar-refractivity contribution in [3.63, 3.8) is 0 Å². The molecule has 8 heteroatoms. The van der Waals surface area contributed by atoms with E-state index in [1.165, 1.54) is 0 Å². The van der Waals surface area contributed by atoms with Crippen LogP contribution >= 0.6 is 11.6 Å². The molecule has 2 amide bonds. The Morgan fingerprint density at radius 1 is 0.879 bits per heavy atom. The summed E-state index contributed by atoms with van der Waals surface area (Å²) in [4.78, 5) is 25.1. The van der Waals surface area contributed by atoms with Gasteiger partial charge in [0.25, 0.3) is 11.8 Å². The smallest absolute Gasteiger partial charge is 0.262 e. The number of hydrogen-bond acceptors (Lipinski definition) is 5. The van der Waals surface area contributed by atoms with E-state index in [-0.39, 0.29) is 12.5 Å². The lowest BCUT2D eigenvalue weighted by molar-refractivity contribution is -0.118. The molecule has 0 atom stereocenters. The first-order valence-corrected chi connectivity index (χ1v) is 10.6. The number of hydrogen-bond donors (Lipinski definition) is 2. The second-order valence-electron chi connectivity index (χ2n) is 7.01. The molecule has 0 radical (unpaired) electrons. The highest BCUT2D eigenvalue weighted by Crippen LogP contribution is 2.27. The van der Waals surface area contributed by atoms with Crippen molar-refractivity contribution < 1.29 is 23.8 Å². The Bertz CT molecular complexity index is 1120. The fourth-order valence-electron chi connectivity index (χ4n) is 3.13. The van der Waals surface area contributed by atoms with Crippen molar-refractivity contribution in [2.24, 2.45) is 0 Å². The summed E-state index contributed by atoms with van der Waals surface area (Å²) < 4.78 is 16.0. The summed E-state index contributed by atoms with van der Waals surface area (Å²) >= 11 is 6.04. The normalized spacial score (nSPS) is 10.3. The second kappa shape index (κ2) is 11.8. The van der Waals surface area contributed by atoms with E-state index >= 15 is 0 Å². The van der Waals surface area contributed by atoms with Gasteiger partial charge in [-0.25, -0.2) is 0 Å². The number of rotatable bonds is 10. The molecular formula is C25H25ClN2O5. The van der Waals surface area contributed by atoms with Crippen LogP contribution in [0.25, 0.3) is 0 Å². The molecule has 3 aromatic carbocycles. The number of para-hydroxylation sites is 2. The summed E-state index contributed by atoms with van der Waals surface area (Å²) in [6, 6.07) is 19.3. The Kier molecular flexibility index (Phi) is 8.55. The molecule has 0 aliphatic carbocycles. The van der Waals surface area contributed by atoms with Gasteiger partial charge in [0.1, 0.15) is 5.75 Å². The van der Waals surface area contributed by atoms with E-state index in [9.17, 15) is 9.59 Å². The topological polar surface area (TPSA) is 85.9 Å². The van der Waals surface area contributed by atoms with E-state index in [0.717, 1.165) is 5.56 Å². The Morgan fingerprint density at radius 3 is 2.36 bits per heavy atom. The number of methoxy groups -OCH3 is 2. The van der Waals surface area contributed by atoms with Gasteiger partial charge in [-0.05, 0) is 48.4 Å². The summed E-state index contributed by atoms with van der Waals surface area (Å²) in [6.45, 7) is 0.172. The van der Waals surface area contributed by atoms with E-state index in [1.54, 1.807) is 62.8 Å². The van der Waals surface area contributed by atoms with Crippen molar-refractivity contribution in [3.8, 4) is 17.2 Å². The van der Waals surface area contributed by atoms with Crippen molar-refractivity contribution in [2.75, 3.05) is 32.7 Å². The average Bonchev–Trinajstić information content (AvgIpc) is 2.83. The number of carbonyl (C=O) groups excluding carboxylic acids is 2. The largest absolute Gasteiger partial charge is 0.493 e. The van der Waals surface area contributed by atoms with Crippen LogP contribution in [0.3, 0.4) is 0 Å². The van der Waals surface area contributed by atoms with Gasteiger partial charge in [0.05, 0.1) is 30.5 Å². The molecule has 3 rings (SSSR count). The van der Waals surface area contributed by atoms with Crippen molar-refractivity contribution in [2.45, 2.75) is 6.42 Å². The third-order valence-corrected chi connectivity index (χ3v) is 5.10. The number of nitrogens with one attached hydrogen (secondary N) is 2. The molecule has 0 aliphatic heterocycles. The lowest BCUT2D eigenvalue weighted by Gasteiger charge is -2.13. The molecule has 0 heterocycles. The number of carbonyl (C=O) groups is 2. The van der Waals surface area contributed by atoms with Crippen LogP contribution in [0.5, 0.6) is 17.2 Å². The molecule has 0 aromatic heterocycles. The molecule has 172 valence electrons. The van der Waals surface area contributed by atoms with Crippen LogP contribution in [-0.4, -0.2) is 39.2 Å². The van der Waals surface area contributed by atoms with Crippen LogP contribution in [0.15, 0.2) is 66.7 Å². The standard InChI is InChI=1S/C25H25ClN2O5/c1-31-22-12-11-17(15-23(22)32-2)13-14-27-25(30)18-7-3-5-9-20(18)28-24(29)16-33-21-10-6-4-8-19(21)26/h3-12,15H,13-14,16H2,1-2H3,(H,27,30)(H,28,29). The maximum Gasteiger partial charge on any atom is 0.262 e. The van der Waals surface area contributed by atoms with E-state index in [2.05, 4.69) is 10.6 Å². The van der Waals surface area contributed by atoms with Gasteiger partial charge in [0.2, 0.25) is 0 Å². The van der Waals surface area contributed by atoms with Crippen LogP contribution in [0, 0.1) is 0 Å². The summed E-state index contributed by atoms with van der Waals surface area (Å²) in [5.41, 5.74) is 1.75. The molecule has 0 aliphatic rings. The molecule has 3 aromatic rings. The first kappa shape index (κ1) is 23.9. The number of amides is 2. The molecule has 0 bridgehead atoms. The van der Waals surface area contributed by atoms with E-state index in [4.69, 9.17) is 25.8 Å².